The third kappa shape index (κ3) is 4.14. The molecule has 0 saturated carbocycles. The Balaban J connectivity index is 1.52. The van der Waals surface area contributed by atoms with Crippen LogP contribution >= 0.6 is 0 Å². The predicted molar refractivity (Wildman–Crippen MR) is 123 cm³/mol. The van der Waals surface area contributed by atoms with Crippen LogP contribution in [0.4, 0.5) is 43.9 Å². The summed E-state index contributed by atoms with van der Waals surface area (Å²) in [5.41, 5.74) is -0.715. The number of hydrogen-bond donors (Lipinski definition) is 1. The topological polar surface area (TPSA) is 65.5 Å². The Hall–Kier alpha value is -4.02. The molecule has 36 heavy (non-hydrogen) atoms. The number of alkyl halides is 3. The molecule has 5 rings (SSSR count). The largest absolute Gasteiger partial charge is 0.416 e. The number of nitrogens with one attached hydrogen (secondary N) is 1. The average molecular weight is 502 g/mol. The van der Waals surface area contributed by atoms with Crippen LogP contribution in [0.2, 0.25) is 0 Å². The van der Waals surface area contributed by atoms with Gasteiger partial charge in [0, 0.05) is 24.2 Å². The monoisotopic (exact) mass is 502 g/mol. The highest BCUT2D eigenvalue weighted by Gasteiger charge is 2.41. The zero-order valence-electron chi connectivity index (χ0n) is 18.9. The minimum atomic E-state index is -4.53. The fourth-order valence-electron chi connectivity index (χ4n) is 4.55. The first-order valence-electron chi connectivity index (χ1n) is 11.1. The van der Waals surface area contributed by atoms with Gasteiger partial charge in [-0.3, -0.25) is 9.69 Å². The molecule has 1 atom stereocenters. The van der Waals surface area contributed by atoms with Gasteiger partial charge in [-0.1, -0.05) is 12.1 Å². The standard InChI is InChI=1S/C25H19F5N4O2/c1-13(35)15-10-18(26)22(19(27)11-15)32-24(36)34-17-7-8-33(12-17)21-6-5-20(31-23(21)34)14-3-2-4-16(9-14)25(28,29)30/h2-6,9-11,17H,7-8,12H2,1H3,(H,32,36)/t17-/m0/s1. The number of anilines is 3. The van der Waals surface area contributed by atoms with Crippen molar-refractivity contribution in [2.75, 3.05) is 28.2 Å². The molecule has 3 heterocycles. The molecule has 0 unspecified atom stereocenters. The Kier molecular flexibility index (Phi) is 5.65. The molecule has 1 saturated heterocycles. The number of hydrogen-bond acceptors (Lipinski definition) is 4. The summed E-state index contributed by atoms with van der Waals surface area (Å²) in [6, 6.07) is 8.39. The second kappa shape index (κ2) is 8.58. The molecule has 6 nitrogen and oxygen atoms in total. The molecule has 0 aliphatic carbocycles. The first-order valence-corrected chi connectivity index (χ1v) is 11.1. The predicted octanol–water partition coefficient (Wildman–Crippen LogP) is 5.88. The summed E-state index contributed by atoms with van der Waals surface area (Å²) in [4.78, 5) is 32.5. The van der Waals surface area contributed by atoms with Crippen molar-refractivity contribution in [1.29, 1.82) is 0 Å². The van der Waals surface area contributed by atoms with Gasteiger partial charge in [0.2, 0.25) is 0 Å². The lowest BCUT2D eigenvalue weighted by atomic mass is 10.1. The molecule has 1 aromatic heterocycles. The Morgan fingerprint density at radius 2 is 1.78 bits per heavy atom. The summed E-state index contributed by atoms with van der Waals surface area (Å²) in [5.74, 6) is -2.57. The van der Waals surface area contributed by atoms with Gasteiger partial charge >= 0.3 is 12.2 Å². The Labute approximate surface area is 202 Å². The summed E-state index contributed by atoms with van der Waals surface area (Å²) in [7, 11) is 0. The number of amides is 2. The third-order valence-electron chi connectivity index (χ3n) is 6.34. The highest BCUT2D eigenvalue weighted by molar-refractivity contribution is 6.05. The Bertz CT molecular complexity index is 1370. The molecular formula is C25H19F5N4O2. The number of Topliss-reactive ketones (excluding diaryl/α,β-unsaturated/α-hetero) is 1. The second-order valence-electron chi connectivity index (χ2n) is 8.68. The van der Waals surface area contributed by atoms with Gasteiger partial charge in [0.1, 0.15) is 5.69 Å². The van der Waals surface area contributed by atoms with E-state index in [1.165, 1.54) is 17.0 Å². The van der Waals surface area contributed by atoms with Gasteiger partial charge < -0.3 is 10.2 Å². The molecule has 11 heteroatoms. The van der Waals surface area contributed by atoms with Crippen molar-refractivity contribution in [1.82, 2.24) is 4.98 Å². The van der Waals surface area contributed by atoms with Crippen molar-refractivity contribution in [3.8, 4) is 11.3 Å². The zero-order valence-corrected chi connectivity index (χ0v) is 18.9. The SMILES string of the molecule is CC(=O)c1cc(F)c(NC(=O)N2c3nc(-c4cccc(C(F)(F)F)c4)ccc3N3CC[C@H]2C3)c(F)c1. The third-order valence-corrected chi connectivity index (χ3v) is 6.34. The van der Waals surface area contributed by atoms with E-state index in [2.05, 4.69) is 10.3 Å². The molecule has 1 fully saturated rings. The van der Waals surface area contributed by atoms with Crippen molar-refractivity contribution in [3.05, 3.63) is 71.3 Å². The van der Waals surface area contributed by atoms with Gasteiger partial charge in [0.15, 0.2) is 23.2 Å². The number of urea groups is 1. The lowest BCUT2D eigenvalue weighted by Crippen LogP contribution is -2.48. The van der Waals surface area contributed by atoms with Crippen LogP contribution < -0.4 is 15.1 Å². The number of aromatic nitrogens is 1. The lowest BCUT2D eigenvalue weighted by Gasteiger charge is -2.36. The van der Waals surface area contributed by atoms with Crippen molar-refractivity contribution in [2.24, 2.45) is 0 Å². The van der Waals surface area contributed by atoms with E-state index < -0.39 is 40.9 Å². The molecular weight excluding hydrogens is 483 g/mol. The number of carbonyl (C=O) groups is 2. The van der Waals surface area contributed by atoms with Crippen molar-refractivity contribution in [3.63, 3.8) is 0 Å². The molecule has 2 aliphatic heterocycles. The first kappa shape index (κ1) is 23.7. The number of ketones is 1. The second-order valence-corrected chi connectivity index (χ2v) is 8.68. The number of nitrogens with zero attached hydrogens (tertiary/aromatic N) is 3. The number of benzene rings is 2. The van der Waals surface area contributed by atoms with E-state index >= 15 is 0 Å². The molecule has 0 radical (unpaired) electrons. The van der Waals surface area contributed by atoms with Gasteiger partial charge in [-0.05, 0) is 49.7 Å². The average Bonchev–Trinajstić information content (AvgIpc) is 3.24. The molecule has 2 aromatic carbocycles. The summed E-state index contributed by atoms with van der Waals surface area (Å²) in [6.07, 6.45) is -3.97. The number of carbonyl (C=O) groups excluding carboxylic acids is 2. The Morgan fingerprint density at radius 1 is 1.06 bits per heavy atom. The van der Waals surface area contributed by atoms with Crippen LogP contribution in [-0.2, 0) is 6.18 Å². The van der Waals surface area contributed by atoms with Gasteiger partial charge in [-0.2, -0.15) is 13.2 Å². The van der Waals surface area contributed by atoms with E-state index in [0.717, 1.165) is 31.2 Å². The number of fused-ring (bicyclic) bond motifs is 4. The molecule has 0 spiro atoms. The maximum absolute atomic E-state index is 14.6. The van der Waals surface area contributed by atoms with Crippen LogP contribution in [-0.4, -0.2) is 35.9 Å². The molecule has 2 aliphatic rings. The smallest absolute Gasteiger partial charge is 0.366 e. The molecule has 3 aromatic rings. The maximum atomic E-state index is 14.6. The van der Waals surface area contributed by atoms with E-state index in [1.807, 2.05) is 4.90 Å². The Morgan fingerprint density at radius 3 is 2.44 bits per heavy atom. The fourth-order valence-corrected chi connectivity index (χ4v) is 4.55. The normalized spacial score (nSPS) is 16.7. The van der Waals surface area contributed by atoms with E-state index in [4.69, 9.17) is 0 Å². The van der Waals surface area contributed by atoms with Crippen LogP contribution in [0.3, 0.4) is 0 Å². The molecule has 2 bridgehead atoms. The number of pyridine rings is 1. The minimum absolute atomic E-state index is 0.176. The van der Waals surface area contributed by atoms with Crippen molar-refractivity contribution in [2.45, 2.75) is 25.6 Å². The van der Waals surface area contributed by atoms with Crippen LogP contribution in [0, 0.1) is 11.6 Å². The van der Waals surface area contributed by atoms with E-state index in [1.54, 1.807) is 12.1 Å². The molecule has 2 amide bonds. The van der Waals surface area contributed by atoms with Crippen LogP contribution in [0.5, 0.6) is 0 Å². The number of halogens is 5. The van der Waals surface area contributed by atoms with Gasteiger partial charge in [0.05, 0.1) is 23.0 Å². The summed E-state index contributed by atoms with van der Waals surface area (Å²) < 4.78 is 68.7. The van der Waals surface area contributed by atoms with Gasteiger partial charge in [-0.15, -0.1) is 0 Å². The van der Waals surface area contributed by atoms with Gasteiger partial charge in [-0.25, -0.2) is 18.6 Å². The summed E-state index contributed by atoms with van der Waals surface area (Å²) in [5, 5.41) is 2.24. The van der Waals surface area contributed by atoms with Gasteiger partial charge in [0.25, 0.3) is 0 Å². The number of rotatable bonds is 3. The summed E-state index contributed by atoms with van der Waals surface area (Å²) in [6.45, 7) is 2.25. The van der Waals surface area contributed by atoms with E-state index in [0.29, 0.717) is 25.2 Å². The van der Waals surface area contributed by atoms with E-state index in [9.17, 15) is 31.5 Å². The van der Waals surface area contributed by atoms with Crippen molar-refractivity contribution < 1.29 is 31.5 Å². The molecule has 1 N–H and O–H groups in total. The van der Waals surface area contributed by atoms with Crippen LogP contribution in [0.1, 0.15) is 29.3 Å². The first-order chi connectivity index (χ1) is 17.0. The quantitative estimate of drug-likeness (QED) is 0.359. The minimum Gasteiger partial charge on any atom is -0.366 e. The van der Waals surface area contributed by atoms with Crippen molar-refractivity contribution >= 4 is 29.0 Å². The highest BCUT2D eigenvalue weighted by Crippen LogP contribution is 2.41. The highest BCUT2D eigenvalue weighted by atomic mass is 19.4. The van der Waals surface area contributed by atoms with Crippen LogP contribution in [0.25, 0.3) is 11.3 Å². The molecule has 186 valence electrons. The maximum Gasteiger partial charge on any atom is 0.416 e. The lowest BCUT2D eigenvalue weighted by molar-refractivity contribution is -0.137. The summed E-state index contributed by atoms with van der Waals surface area (Å²) >= 11 is 0. The van der Waals surface area contributed by atoms with E-state index in [-0.39, 0.29) is 28.7 Å². The van der Waals surface area contributed by atoms with Crippen LogP contribution in [0.15, 0.2) is 48.5 Å². The fraction of sp³-hybridized carbons (Fsp3) is 0.240. The zero-order chi connectivity index (χ0) is 25.8.